The number of halogens is 1. The van der Waals surface area contributed by atoms with Crippen LogP contribution in [0.25, 0.3) is 5.69 Å². The molecule has 0 unspecified atom stereocenters. The fraction of sp³-hybridized carbons (Fsp3) is 0.235. The van der Waals surface area contributed by atoms with E-state index < -0.39 is 0 Å². The van der Waals surface area contributed by atoms with Crippen molar-refractivity contribution in [1.82, 2.24) is 20.3 Å². The third-order valence-electron chi connectivity index (χ3n) is 3.75. The number of hydrogen-bond donors (Lipinski definition) is 1. The van der Waals surface area contributed by atoms with Crippen LogP contribution in [0.5, 0.6) is 0 Å². The van der Waals surface area contributed by atoms with E-state index in [1.165, 1.54) is 15.6 Å². The van der Waals surface area contributed by atoms with Crippen LogP contribution in [0.1, 0.15) is 26.6 Å². The molecule has 2 heterocycles. The number of hydrogen-bond acceptors (Lipinski definition) is 4. The molecule has 1 aromatic carbocycles. The second kappa shape index (κ2) is 6.92. The number of nitrogens with one attached hydrogen (secondary N) is 1. The molecule has 24 heavy (non-hydrogen) atoms. The molecular formula is C17H17FN4OS. The number of benzene rings is 1. The molecule has 3 aromatic rings. The van der Waals surface area contributed by atoms with E-state index in [2.05, 4.69) is 15.6 Å². The van der Waals surface area contributed by atoms with Gasteiger partial charge in [-0.3, -0.25) is 4.79 Å². The Bertz CT molecular complexity index is 858. The molecule has 5 nitrogen and oxygen atoms in total. The van der Waals surface area contributed by atoms with E-state index in [1.807, 2.05) is 17.5 Å². The first kappa shape index (κ1) is 16.3. The largest absolute Gasteiger partial charge is 0.350 e. The summed E-state index contributed by atoms with van der Waals surface area (Å²) in [7, 11) is 0. The minimum absolute atomic E-state index is 0.252. The van der Waals surface area contributed by atoms with Gasteiger partial charge in [0, 0.05) is 11.4 Å². The van der Waals surface area contributed by atoms with Crippen molar-refractivity contribution >= 4 is 17.2 Å². The van der Waals surface area contributed by atoms with Crippen LogP contribution in [-0.4, -0.2) is 27.4 Å². The second-order valence-corrected chi connectivity index (χ2v) is 6.49. The van der Waals surface area contributed by atoms with Gasteiger partial charge in [0.2, 0.25) is 0 Å². The summed E-state index contributed by atoms with van der Waals surface area (Å²) in [6.45, 7) is 3.97. The van der Waals surface area contributed by atoms with E-state index >= 15 is 0 Å². The van der Waals surface area contributed by atoms with Gasteiger partial charge in [-0.05, 0) is 49.4 Å². The number of rotatable bonds is 5. The molecule has 0 fully saturated rings. The summed E-state index contributed by atoms with van der Waals surface area (Å²) in [4.78, 5) is 13.5. The average Bonchev–Trinajstić information content (AvgIpc) is 3.20. The number of nitrogens with zero attached hydrogens (tertiary/aromatic N) is 3. The molecule has 0 atom stereocenters. The molecule has 7 heteroatoms. The Kier molecular flexibility index (Phi) is 4.71. The Hall–Kier alpha value is -2.54. The van der Waals surface area contributed by atoms with Crippen molar-refractivity contribution in [1.29, 1.82) is 0 Å². The van der Waals surface area contributed by atoms with E-state index in [0.717, 1.165) is 6.42 Å². The van der Waals surface area contributed by atoms with E-state index in [9.17, 15) is 9.18 Å². The molecular weight excluding hydrogens is 327 g/mol. The van der Waals surface area contributed by atoms with Gasteiger partial charge in [-0.15, -0.1) is 16.4 Å². The summed E-state index contributed by atoms with van der Waals surface area (Å²) >= 11 is 1.66. The molecule has 0 spiro atoms. The standard InChI is InChI=1S/C17H17FN4OS/c1-11-5-6-13(10-15(11)18)22-12(2)16(20-21-22)17(23)19-8-7-14-4-3-9-24-14/h3-6,9-10H,7-8H2,1-2H3,(H,19,23). The van der Waals surface area contributed by atoms with Crippen LogP contribution in [0.2, 0.25) is 0 Å². The smallest absolute Gasteiger partial charge is 0.273 e. The van der Waals surface area contributed by atoms with Crippen molar-refractivity contribution in [3.05, 3.63) is 63.4 Å². The van der Waals surface area contributed by atoms with Gasteiger partial charge in [0.25, 0.3) is 5.91 Å². The van der Waals surface area contributed by atoms with Crippen LogP contribution < -0.4 is 5.32 Å². The highest BCUT2D eigenvalue weighted by molar-refractivity contribution is 7.09. The second-order valence-electron chi connectivity index (χ2n) is 5.45. The van der Waals surface area contributed by atoms with Crippen LogP contribution in [0.4, 0.5) is 4.39 Å². The third-order valence-corrected chi connectivity index (χ3v) is 4.68. The minimum atomic E-state index is -0.315. The maximum absolute atomic E-state index is 13.7. The molecule has 1 N–H and O–H groups in total. The molecule has 0 radical (unpaired) electrons. The van der Waals surface area contributed by atoms with Crippen LogP contribution >= 0.6 is 11.3 Å². The summed E-state index contributed by atoms with van der Waals surface area (Å²) in [5.74, 6) is -0.591. The first-order chi connectivity index (χ1) is 11.6. The van der Waals surface area contributed by atoms with Gasteiger partial charge in [0.15, 0.2) is 5.69 Å². The average molecular weight is 344 g/mol. The molecule has 0 aliphatic carbocycles. The maximum atomic E-state index is 13.7. The number of amides is 1. The molecule has 3 rings (SSSR count). The fourth-order valence-corrected chi connectivity index (χ4v) is 3.04. The van der Waals surface area contributed by atoms with Gasteiger partial charge in [0.1, 0.15) is 5.82 Å². The summed E-state index contributed by atoms with van der Waals surface area (Å²) in [5, 5.41) is 12.8. The van der Waals surface area contributed by atoms with Gasteiger partial charge in [-0.1, -0.05) is 17.3 Å². The van der Waals surface area contributed by atoms with Gasteiger partial charge in [-0.25, -0.2) is 9.07 Å². The predicted molar refractivity (Wildman–Crippen MR) is 91.1 cm³/mol. The van der Waals surface area contributed by atoms with Crippen molar-refractivity contribution < 1.29 is 9.18 Å². The van der Waals surface area contributed by atoms with Gasteiger partial charge in [0.05, 0.1) is 11.4 Å². The summed E-state index contributed by atoms with van der Waals surface area (Å²) in [5.41, 5.74) is 1.93. The van der Waals surface area contributed by atoms with Crippen molar-refractivity contribution in [2.45, 2.75) is 20.3 Å². The van der Waals surface area contributed by atoms with Crippen molar-refractivity contribution in [3.63, 3.8) is 0 Å². The van der Waals surface area contributed by atoms with Crippen LogP contribution in [0.3, 0.4) is 0 Å². The lowest BCUT2D eigenvalue weighted by Crippen LogP contribution is -2.26. The Balaban J connectivity index is 1.71. The zero-order chi connectivity index (χ0) is 17.1. The lowest BCUT2D eigenvalue weighted by atomic mass is 10.2. The molecule has 0 bridgehead atoms. The number of carbonyl (C=O) groups is 1. The summed E-state index contributed by atoms with van der Waals surface area (Å²) in [6.07, 6.45) is 0.778. The predicted octanol–water partition coefficient (Wildman–Crippen LogP) is 3.06. The highest BCUT2D eigenvalue weighted by atomic mass is 32.1. The first-order valence-electron chi connectivity index (χ1n) is 7.55. The third kappa shape index (κ3) is 3.35. The van der Waals surface area contributed by atoms with E-state index in [4.69, 9.17) is 0 Å². The first-order valence-corrected chi connectivity index (χ1v) is 8.43. The van der Waals surface area contributed by atoms with Crippen LogP contribution in [0, 0.1) is 19.7 Å². The zero-order valence-corrected chi connectivity index (χ0v) is 14.2. The Morgan fingerprint density at radius 3 is 2.88 bits per heavy atom. The molecule has 0 aliphatic rings. The number of aromatic nitrogens is 3. The van der Waals surface area contributed by atoms with Crippen molar-refractivity contribution in [2.24, 2.45) is 0 Å². The van der Waals surface area contributed by atoms with Gasteiger partial charge < -0.3 is 5.32 Å². The van der Waals surface area contributed by atoms with Gasteiger partial charge in [-0.2, -0.15) is 0 Å². The van der Waals surface area contributed by atoms with Crippen molar-refractivity contribution in [2.75, 3.05) is 6.54 Å². The number of carbonyl (C=O) groups excluding carboxylic acids is 1. The highest BCUT2D eigenvalue weighted by Crippen LogP contribution is 2.16. The Morgan fingerprint density at radius 1 is 1.33 bits per heavy atom. The normalized spacial score (nSPS) is 10.8. The minimum Gasteiger partial charge on any atom is -0.350 e. The quantitative estimate of drug-likeness (QED) is 0.774. The van der Waals surface area contributed by atoms with Crippen LogP contribution in [0.15, 0.2) is 35.7 Å². The molecule has 124 valence electrons. The Labute approximate surface area is 143 Å². The highest BCUT2D eigenvalue weighted by Gasteiger charge is 2.17. The number of thiophene rings is 1. The monoisotopic (exact) mass is 344 g/mol. The summed E-state index contributed by atoms with van der Waals surface area (Å²) < 4.78 is 15.2. The SMILES string of the molecule is Cc1ccc(-n2nnc(C(=O)NCCc3cccs3)c2C)cc1F. The molecule has 2 aromatic heterocycles. The molecule has 0 saturated carbocycles. The lowest BCUT2D eigenvalue weighted by Gasteiger charge is -2.06. The van der Waals surface area contributed by atoms with E-state index in [0.29, 0.717) is 23.5 Å². The van der Waals surface area contributed by atoms with Crippen molar-refractivity contribution in [3.8, 4) is 5.69 Å². The van der Waals surface area contributed by atoms with E-state index in [-0.39, 0.29) is 17.4 Å². The Morgan fingerprint density at radius 2 is 2.17 bits per heavy atom. The van der Waals surface area contributed by atoms with Crippen LogP contribution in [-0.2, 0) is 6.42 Å². The summed E-state index contributed by atoms with van der Waals surface area (Å²) in [6, 6.07) is 8.82. The number of aryl methyl sites for hydroxylation is 1. The lowest BCUT2D eigenvalue weighted by molar-refractivity contribution is 0.0948. The fourth-order valence-electron chi connectivity index (χ4n) is 2.34. The molecule has 0 aliphatic heterocycles. The topological polar surface area (TPSA) is 59.8 Å². The molecule has 1 amide bonds. The maximum Gasteiger partial charge on any atom is 0.273 e. The zero-order valence-electron chi connectivity index (χ0n) is 13.4. The molecule has 0 saturated heterocycles. The van der Waals surface area contributed by atoms with E-state index in [1.54, 1.807) is 37.3 Å². The van der Waals surface area contributed by atoms with Gasteiger partial charge >= 0.3 is 0 Å².